The van der Waals surface area contributed by atoms with Crippen LogP contribution in [0, 0.1) is 12.3 Å². The zero-order valence-electron chi connectivity index (χ0n) is 9.82. The molecule has 2 rings (SSSR count). The van der Waals surface area contributed by atoms with Gasteiger partial charge < -0.3 is 15.1 Å². The zero-order valence-corrected chi connectivity index (χ0v) is 9.82. The van der Waals surface area contributed by atoms with Crippen molar-refractivity contribution in [2.45, 2.75) is 20.3 Å². The fourth-order valence-corrected chi connectivity index (χ4v) is 2.14. The second kappa shape index (κ2) is 3.94. The minimum absolute atomic E-state index is 0.0587. The van der Waals surface area contributed by atoms with Crippen LogP contribution in [-0.4, -0.2) is 30.4 Å². The van der Waals surface area contributed by atoms with Crippen LogP contribution in [0.15, 0.2) is 16.7 Å². The van der Waals surface area contributed by atoms with E-state index in [1.54, 1.807) is 12.3 Å². The van der Waals surface area contributed by atoms with Crippen molar-refractivity contribution in [3.05, 3.63) is 23.7 Å². The molecule has 16 heavy (non-hydrogen) atoms. The van der Waals surface area contributed by atoms with E-state index in [0.717, 1.165) is 19.5 Å². The molecule has 1 aliphatic rings. The second-order valence-corrected chi connectivity index (χ2v) is 4.88. The van der Waals surface area contributed by atoms with Gasteiger partial charge in [0, 0.05) is 13.1 Å². The standard InChI is InChI=1S/C12H18N2O2/c1-9-10(3-6-16-9)11(15)14-5-4-12(2,7-13)8-14/h3,6H,4-5,7-8,13H2,1-2H3. The molecule has 0 aliphatic carbocycles. The number of nitrogens with two attached hydrogens (primary N) is 1. The van der Waals surface area contributed by atoms with Gasteiger partial charge in [-0.25, -0.2) is 0 Å². The van der Waals surface area contributed by atoms with Gasteiger partial charge >= 0.3 is 0 Å². The Bertz CT molecular complexity index is 399. The van der Waals surface area contributed by atoms with Crippen LogP contribution < -0.4 is 5.73 Å². The van der Waals surface area contributed by atoms with Crippen LogP contribution in [0.3, 0.4) is 0 Å². The van der Waals surface area contributed by atoms with E-state index in [0.29, 0.717) is 17.9 Å². The van der Waals surface area contributed by atoms with Crippen molar-refractivity contribution < 1.29 is 9.21 Å². The summed E-state index contributed by atoms with van der Waals surface area (Å²) in [6.07, 6.45) is 2.53. The van der Waals surface area contributed by atoms with Crippen LogP contribution >= 0.6 is 0 Å². The first kappa shape index (κ1) is 11.2. The number of likely N-dealkylation sites (tertiary alicyclic amines) is 1. The number of hydrogen-bond donors (Lipinski definition) is 1. The summed E-state index contributed by atoms with van der Waals surface area (Å²) < 4.78 is 5.15. The lowest BCUT2D eigenvalue weighted by Crippen LogP contribution is -2.34. The summed E-state index contributed by atoms with van der Waals surface area (Å²) in [5.74, 6) is 0.745. The van der Waals surface area contributed by atoms with Crippen molar-refractivity contribution in [1.82, 2.24) is 4.90 Å². The predicted molar refractivity (Wildman–Crippen MR) is 61.1 cm³/mol. The normalized spacial score (nSPS) is 25.1. The highest BCUT2D eigenvalue weighted by Crippen LogP contribution is 2.29. The topological polar surface area (TPSA) is 59.5 Å². The SMILES string of the molecule is Cc1occc1C(=O)N1CCC(C)(CN)C1. The highest BCUT2D eigenvalue weighted by Gasteiger charge is 2.35. The molecule has 0 aromatic carbocycles. The van der Waals surface area contributed by atoms with Gasteiger partial charge in [0.25, 0.3) is 5.91 Å². The van der Waals surface area contributed by atoms with Crippen LogP contribution in [0.25, 0.3) is 0 Å². The molecule has 2 heterocycles. The number of nitrogens with zero attached hydrogens (tertiary/aromatic N) is 1. The molecule has 0 saturated carbocycles. The zero-order chi connectivity index (χ0) is 11.8. The van der Waals surface area contributed by atoms with Gasteiger partial charge in [-0.3, -0.25) is 4.79 Å². The van der Waals surface area contributed by atoms with Crippen molar-refractivity contribution >= 4 is 5.91 Å². The van der Waals surface area contributed by atoms with Crippen LogP contribution in [0.5, 0.6) is 0 Å². The van der Waals surface area contributed by atoms with Crippen molar-refractivity contribution in [2.75, 3.05) is 19.6 Å². The van der Waals surface area contributed by atoms with Crippen LogP contribution in [0.4, 0.5) is 0 Å². The lowest BCUT2D eigenvalue weighted by Gasteiger charge is -2.22. The van der Waals surface area contributed by atoms with E-state index in [4.69, 9.17) is 10.2 Å². The fourth-order valence-electron chi connectivity index (χ4n) is 2.14. The maximum Gasteiger partial charge on any atom is 0.257 e. The first-order chi connectivity index (χ1) is 7.56. The van der Waals surface area contributed by atoms with E-state index < -0.39 is 0 Å². The van der Waals surface area contributed by atoms with Crippen molar-refractivity contribution in [3.63, 3.8) is 0 Å². The molecule has 0 radical (unpaired) electrons. The molecule has 0 bridgehead atoms. The largest absolute Gasteiger partial charge is 0.469 e. The molecule has 1 aliphatic heterocycles. The number of furan rings is 1. The molecule has 1 aromatic rings. The highest BCUT2D eigenvalue weighted by molar-refractivity contribution is 5.95. The Labute approximate surface area is 95.4 Å². The number of carbonyl (C=O) groups is 1. The number of aryl methyl sites for hydroxylation is 1. The molecular weight excluding hydrogens is 204 g/mol. The maximum atomic E-state index is 12.2. The lowest BCUT2D eigenvalue weighted by atomic mass is 9.90. The molecule has 4 nitrogen and oxygen atoms in total. The summed E-state index contributed by atoms with van der Waals surface area (Å²) in [7, 11) is 0. The number of rotatable bonds is 2. The summed E-state index contributed by atoms with van der Waals surface area (Å²) in [6, 6.07) is 1.73. The number of hydrogen-bond acceptors (Lipinski definition) is 3. The number of amides is 1. The van der Waals surface area contributed by atoms with Crippen LogP contribution in [0.2, 0.25) is 0 Å². The van der Waals surface area contributed by atoms with E-state index in [1.807, 2.05) is 11.8 Å². The van der Waals surface area contributed by atoms with Crippen LogP contribution in [-0.2, 0) is 0 Å². The molecule has 1 aromatic heterocycles. The van der Waals surface area contributed by atoms with Gasteiger partial charge in [-0.2, -0.15) is 0 Å². The van der Waals surface area contributed by atoms with Gasteiger partial charge in [0.2, 0.25) is 0 Å². The molecule has 2 N–H and O–H groups in total. The van der Waals surface area contributed by atoms with Gasteiger partial charge in [0.1, 0.15) is 5.76 Å². The first-order valence-electron chi connectivity index (χ1n) is 5.59. The smallest absolute Gasteiger partial charge is 0.257 e. The van der Waals surface area contributed by atoms with E-state index >= 15 is 0 Å². The monoisotopic (exact) mass is 222 g/mol. The van der Waals surface area contributed by atoms with Gasteiger partial charge in [0.15, 0.2) is 0 Å². The average Bonchev–Trinajstić information content (AvgIpc) is 2.85. The third-order valence-corrected chi connectivity index (χ3v) is 3.43. The Morgan fingerprint density at radius 2 is 2.44 bits per heavy atom. The van der Waals surface area contributed by atoms with Gasteiger partial charge in [0.05, 0.1) is 11.8 Å². The third kappa shape index (κ3) is 1.85. The Kier molecular flexibility index (Phi) is 2.76. The number of carbonyl (C=O) groups excluding carboxylic acids is 1. The first-order valence-corrected chi connectivity index (χ1v) is 5.59. The molecular formula is C12H18N2O2. The summed E-state index contributed by atoms with van der Waals surface area (Å²) in [5, 5.41) is 0. The quantitative estimate of drug-likeness (QED) is 0.822. The lowest BCUT2D eigenvalue weighted by molar-refractivity contribution is 0.0775. The molecule has 1 fully saturated rings. The Balaban J connectivity index is 2.11. The molecule has 1 atom stereocenters. The molecule has 0 spiro atoms. The maximum absolute atomic E-state index is 12.2. The van der Waals surface area contributed by atoms with Crippen molar-refractivity contribution in [2.24, 2.45) is 11.1 Å². The van der Waals surface area contributed by atoms with E-state index in [9.17, 15) is 4.79 Å². The van der Waals surface area contributed by atoms with Gasteiger partial charge in [-0.05, 0) is 31.4 Å². The fraction of sp³-hybridized carbons (Fsp3) is 0.583. The van der Waals surface area contributed by atoms with E-state index in [1.165, 1.54) is 0 Å². The van der Waals surface area contributed by atoms with E-state index in [-0.39, 0.29) is 11.3 Å². The average molecular weight is 222 g/mol. The van der Waals surface area contributed by atoms with Gasteiger partial charge in [-0.15, -0.1) is 0 Å². The molecule has 1 saturated heterocycles. The summed E-state index contributed by atoms with van der Waals surface area (Å²) in [4.78, 5) is 14.0. The minimum Gasteiger partial charge on any atom is -0.469 e. The van der Waals surface area contributed by atoms with Crippen LogP contribution in [0.1, 0.15) is 29.5 Å². The third-order valence-electron chi connectivity index (χ3n) is 3.43. The van der Waals surface area contributed by atoms with Gasteiger partial charge in [-0.1, -0.05) is 6.92 Å². The van der Waals surface area contributed by atoms with Crippen molar-refractivity contribution in [3.8, 4) is 0 Å². The summed E-state index contributed by atoms with van der Waals surface area (Å²) in [5.41, 5.74) is 6.47. The van der Waals surface area contributed by atoms with E-state index in [2.05, 4.69) is 6.92 Å². The summed E-state index contributed by atoms with van der Waals surface area (Å²) >= 11 is 0. The Morgan fingerprint density at radius 3 is 2.94 bits per heavy atom. The Hall–Kier alpha value is -1.29. The molecule has 1 amide bonds. The molecule has 1 unspecified atom stereocenters. The minimum atomic E-state index is 0.0587. The summed E-state index contributed by atoms with van der Waals surface area (Å²) in [6.45, 7) is 6.10. The highest BCUT2D eigenvalue weighted by atomic mass is 16.3. The Morgan fingerprint density at radius 1 is 1.69 bits per heavy atom. The van der Waals surface area contributed by atoms with Crippen molar-refractivity contribution in [1.29, 1.82) is 0 Å². The molecule has 4 heteroatoms. The second-order valence-electron chi connectivity index (χ2n) is 4.88. The predicted octanol–water partition coefficient (Wildman–Crippen LogP) is 1.40. The molecule has 88 valence electrons.